The molecule has 0 atom stereocenters. The Morgan fingerprint density at radius 2 is 2.00 bits per heavy atom. The van der Waals surface area contributed by atoms with Crippen molar-refractivity contribution in [1.82, 2.24) is 0 Å². The lowest BCUT2D eigenvalue weighted by atomic mass is 9.94. The van der Waals surface area contributed by atoms with Crippen molar-refractivity contribution in [3.05, 3.63) is 28.2 Å². The Hall–Kier alpha value is -1.07. The van der Waals surface area contributed by atoms with Crippen LogP contribution in [0, 0.1) is 0 Å². The summed E-state index contributed by atoms with van der Waals surface area (Å²) in [5, 5.41) is 3.22. The average molecular weight is 314 g/mol. The maximum absolute atomic E-state index is 11.3. The van der Waals surface area contributed by atoms with E-state index in [2.05, 4.69) is 35.1 Å². The second-order valence-electron chi connectivity index (χ2n) is 4.48. The molecule has 0 spiro atoms. The van der Waals surface area contributed by atoms with Crippen LogP contribution in [0.5, 0.6) is 0 Å². The third-order valence-corrected chi connectivity index (χ3v) is 3.78. The molecule has 0 aliphatic heterocycles. The number of rotatable bonds is 6. The molecule has 5 heteroatoms. The SMILES string of the molecule is CCC(N)(CC)CNc1cc(Br)ccc1C(N)=O. The van der Waals surface area contributed by atoms with E-state index in [1.807, 2.05) is 6.07 Å². The van der Waals surface area contributed by atoms with Crippen LogP contribution >= 0.6 is 15.9 Å². The smallest absolute Gasteiger partial charge is 0.250 e. The molecule has 0 heterocycles. The van der Waals surface area contributed by atoms with E-state index < -0.39 is 5.91 Å². The summed E-state index contributed by atoms with van der Waals surface area (Å²) in [5.41, 5.74) is 12.5. The normalized spacial score (nSPS) is 11.3. The average Bonchev–Trinajstić information content (AvgIpc) is 2.35. The zero-order chi connectivity index (χ0) is 13.8. The topological polar surface area (TPSA) is 81.1 Å². The predicted octanol–water partition coefficient (Wildman–Crippen LogP) is 2.48. The molecule has 5 N–H and O–H groups in total. The minimum Gasteiger partial charge on any atom is -0.383 e. The van der Waals surface area contributed by atoms with Crippen molar-refractivity contribution >= 4 is 27.5 Å². The fourth-order valence-corrected chi connectivity index (χ4v) is 2.01. The van der Waals surface area contributed by atoms with Gasteiger partial charge in [0.05, 0.1) is 5.56 Å². The lowest BCUT2D eigenvalue weighted by molar-refractivity contribution is 0.100. The first kappa shape index (κ1) is 15.0. The fourth-order valence-electron chi connectivity index (χ4n) is 1.65. The number of primary amides is 1. The van der Waals surface area contributed by atoms with Gasteiger partial charge in [-0.05, 0) is 31.0 Å². The van der Waals surface area contributed by atoms with Gasteiger partial charge in [0.2, 0.25) is 0 Å². The summed E-state index contributed by atoms with van der Waals surface area (Å²) >= 11 is 3.38. The van der Waals surface area contributed by atoms with E-state index in [1.54, 1.807) is 12.1 Å². The second-order valence-corrected chi connectivity index (χ2v) is 5.39. The van der Waals surface area contributed by atoms with Crippen molar-refractivity contribution in [2.45, 2.75) is 32.2 Å². The number of carbonyl (C=O) groups is 1. The minimum absolute atomic E-state index is 0.267. The molecule has 4 nitrogen and oxygen atoms in total. The van der Waals surface area contributed by atoms with E-state index in [1.165, 1.54) is 0 Å². The monoisotopic (exact) mass is 313 g/mol. The molecule has 0 aliphatic rings. The highest BCUT2D eigenvalue weighted by atomic mass is 79.9. The maximum atomic E-state index is 11.3. The molecule has 0 bridgehead atoms. The summed E-state index contributed by atoms with van der Waals surface area (Å²) in [5.74, 6) is -0.444. The predicted molar refractivity (Wildman–Crippen MR) is 78.7 cm³/mol. The molecule has 1 aromatic carbocycles. The van der Waals surface area contributed by atoms with Crippen LogP contribution in [0.4, 0.5) is 5.69 Å². The van der Waals surface area contributed by atoms with Crippen LogP contribution in [0.25, 0.3) is 0 Å². The van der Waals surface area contributed by atoms with Gasteiger partial charge in [0.1, 0.15) is 0 Å². The Morgan fingerprint density at radius 1 is 1.39 bits per heavy atom. The van der Waals surface area contributed by atoms with E-state index in [0.29, 0.717) is 17.8 Å². The van der Waals surface area contributed by atoms with Crippen LogP contribution in [-0.2, 0) is 0 Å². The summed E-state index contributed by atoms with van der Waals surface area (Å²) in [6.07, 6.45) is 1.74. The van der Waals surface area contributed by atoms with Crippen LogP contribution in [-0.4, -0.2) is 18.0 Å². The molecule has 0 saturated carbocycles. The highest BCUT2D eigenvalue weighted by Crippen LogP contribution is 2.22. The van der Waals surface area contributed by atoms with Crippen molar-refractivity contribution in [1.29, 1.82) is 0 Å². The van der Waals surface area contributed by atoms with Gasteiger partial charge in [0.25, 0.3) is 5.91 Å². The van der Waals surface area contributed by atoms with E-state index >= 15 is 0 Å². The van der Waals surface area contributed by atoms with Crippen molar-refractivity contribution in [2.24, 2.45) is 11.5 Å². The van der Waals surface area contributed by atoms with Gasteiger partial charge >= 0.3 is 0 Å². The Labute approximate surface area is 116 Å². The van der Waals surface area contributed by atoms with Crippen molar-refractivity contribution in [2.75, 3.05) is 11.9 Å². The number of nitrogens with two attached hydrogens (primary N) is 2. The molecule has 0 unspecified atom stereocenters. The third-order valence-electron chi connectivity index (χ3n) is 3.29. The first-order valence-electron chi connectivity index (χ1n) is 6.04. The van der Waals surface area contributed by atoms with Gasteiger partial charge in [-0.25, -0.2) is 0 Å². The fraction of sp³-hybridized carbons (Fsp3) is 0.462. The largest absolute Gasteiger partial charge is 0.383 e. The van der Waals surface area contributed by atoms with Gasteiger partial charge < -0.3 is 16.8 Å². The quantitative estimate of drug-likeness (QED) is 0.754. The Morgan fingerprint density at radius 3 is 2.50 bits per heavy atom. The standard InChI is InChI=1S/C13H20BrN3O/c1-3-13(16,4-2)8-17-11-7-9(14)5-6-10(11)12(15)18/h5-7,17H,3-4,8,16H2,1-2H3,(H2,15,18). The molecule has 0 saturated heterocycles. The van der Waals surface area contributed by atoms with Gasteiger partial charge in [-0.3, -0.25) is 4.79 Å². The maximum Gasteiger partial charge on any atom is 0.250 e. The van der Waals surface area contributed by atoms with Gasteiger partial charge in [-0.1, -0.05) is 29.8 Å². The number of hydrogen-bond acceptors (Lipinski definition) is 3. The van der Waals surface area contributed by atoms with E-state index in [0.717, 1.165) is 17.3 Å². The van der Waals surface area contributed by atoms with Crippen molar-refractivity contribution < 1.29 is 4.79 Å². The van der Waals surface area contributed by atoms with Gasteiger partial charge in [0.15, 0.2) is 0 Å². The molecule has 18 heavy (non-hydrogen) atoms. The van der Waals surface area contributed by atoms with Crippen LogP contribution in [0.15, 0.2) is 22.7 Å². The highest BCUT2D eigenvalue weighted by Gasteiger charge is 2.20. The van der Waals surface area contributed by atoms with Gasteiger partial charge in [0, 0.05) is 22.2 Å². The number of amides is 1. The van der Waals surface area contributed by atoms with Crippen LogP contribution in [0.2, 0.25) is 0 Å². The Kier molecular flexibility index (Phi) is 5.16. The Bertz CT molecular complexity index is 430. The minimum atomic E-state index is -0.444. The number of benzene rings is 1. The number of carbonyl (C=O) groups excluding carboxylic acids is 1. The van der Waals surface area contributed by atoms with E-state index in [9.17, 15) is 4.79 Å². The van der Waals surface area contributed by atoms with E-state index in [-0.39, 0.29) is 5.54 Å². The second kappa shape index (κ2) is 6.20. The summed E-state index contributed by atoms with van der Waals surface area (Å²) in [6, 6.07) is 5.33. The van der Waals surface area contributed by atoms with Crippen LogP contribution in [0.3, 0.4) is 0 Å². The third kappa shape index (κ3) is 3.71. The summed E-state index contributed by atoms with van der Waals surface area (Å²) < 4.78 is 0.894. The number of nitrogens with one attached hydrogen (secondary N) is 1. The molecule has 1 rings (SSSR count). The van der Waals surface area contributed by atoms with Crippen LogP contribution < -0.4 is 16.8 Å². The summed E-state index contributed by atoms with van der Waals surface area (Å²) in [4.78, 5) is 11.3. The first-order valence-corrected chi connectivity index (χ1v) is 6.83. The van der Waals surface area contributed by atoms with Crippen molar-refractivity contribution in [3.8, 4) is 0 Å². The lowest BCUT2D eigenvalue weighted by Crippen LogP contribution is -2.45. The molecule has 1 amide bonds. The molecular weight excluding hydrogens is 294 g/mol. The van der Waals surface area contributed by atoms with Gasteiger partial charge in [-0.2, -0.15) is 0 Å². The van der Waals surface area contributed by atoms with Crippen LogP contribution in [0.1, 0.15) is 37.0 Å². The number of halogens is 1. The van der Waals surface area contributed by atoms with Gasteiger partial charge in [-0.15, -0.1) is 0 Å². The molecule has 0 fully saturated rings. The number of hydrogen-bond donors (Lipinski definition) is 3. The molecule has 0 aromatic heterocycles. The van der Waals surface area contributed by atoms with E-state index in [4.69, 9.17) is 11.5 Å². The molecule has 1 aromatic rings. The zero-order valence-corrected chi connectivity index (χ0v) is 12.4. The lowest BCUT2D eigenvalue weighted by Gasteiger charge is -2.27. The molecule has 100 valence electrons. The molecular formula is C13H20BrN3O. The van der Waals surface area contributed by atoms with Crippen molar-refractivity contribution in [3.63, 3.8) is 0 Å². The molecule has 0 aliphatic carbocycles. The highest BCUT2D eigenvalue weighted by molar-refractivity contribution is 9.10. The first-order chi connectivity index (χ1) is 8.41. The number of anilines is 1. The molecule has 0 radical (unpaired) electrons. The zero-order valence-electron chi connectivity index (χ0n) is 10.8. The Balaban J connectivity index is 2.90. The summed E-state index contributed by atoms with van der Waals surface area (Å²) in [7, 11) is 0. The summed E-state index contributed by atoms with van der Waals surface area (Å²) in [6.45, 7) is 4.72.